The van der Waals surface area contributed by atoms with Gasteiger partial charge in [-0.2, -0.15) is 9.97 Å². The Kier molecular flexibility index (Phi) is 7.53. The molecule has 0 unspecified atom stereocenters. The minimum absolute atomic E-state index is 0.00218. The number of ether oxygens (including phenoxy) is 1. The second-order valence-corrected chi connectivity index (χ2v) is 13.6. The Bertz CT molecular complexity index is 2420. The number of nitrogens with zero attached hydrogens (tertiary/aromatic N) is 4. The van der Waals surface area contributed by atoms with Gasteiger partial charge in [0, 0.05) is 58.3 Å². The van der Waals surface area contributed by atoms with E-state index in [2.05, 4.69) is 47.0 Å². The molecule has 0 saturated carbocycles. The molecule has 0 amide bonds. The van der Waals surface area contributed by atoms with Gasteiger partial charge in [-0.1, -0.05) is 12.0 Å². The van der Waals surface area contributed by atoms with Crippen LogP contribution in [0.2, 0.25) is 0 Å². The van der Waals surface area contributed by atoms with E-state index in [1.54, 1.807) is 13.1 Å². The maximum atomic E-state index is 14.9. The molecule has 0 radical (unpaired) electrons. The number of pyridine rings is 1. The summed E-state index contributed by atoms with van der Waals surface area (Å²) in [4.78, 5) is 32.9. The number of hydrogen-bond acceptors (Lipinski definition) is 9. The molecule has 2 saturated heterocycles. The van der Waals surface area contributed by atoms with Crippen LogP contribution in [0.4, 0.5) is 14.6 Å². The van der Waals surface area contributed by atoms with Gasteiger partial charge in [-0.05, 0) is 77.5 Å². The van der Waals surface area contributed by atoms with Crippen molar-refractivity contribution in [1.29, 1.82) is 0 Å². The Labute approximate surface area is 286 Å². The van der Waals surface area contributed by atoms with Crippen LogP contribution in [-0.2, 0) is 6.54 Å². The number of anilines is 1. The summed E-state index contributed by atoms with van der Waals surface area (Å²) < 4.78 is 42.5. The first-order chi connectivity index (χ1) is 23.6. The predicted octanol–water partition coefficient (Wildman–Crippen LogP) is 6.74. The Morgan fingerprint density at radius 3 is 2.98 bits per heavy atom. The van der Waals surface area contributed by atoms with E-state index >= 15 is 0 Å². The van der Waals surface area contributed by atoms with Crippen LogP contribution in [0.1, 0.15) is 36.0 Å². The number of aromatic hydroxyl groups is 1. The number of fused-ring (bicyclic) bond motifs is 4. The summed E-state index contributed by atoms with van der Waals surface area (Å²) in [6, 6.07) is 7.49. The van der Waals surface area contributed by atoms with Crippen LogP contribution in [0.5, 0.6) is 11.8 Å². The van der Waals surface area contributed by atoms with Crippen LogP contribution < -0.4 is 15.7 Å². The molecule has 6 heterocycles. The molecule has 13 heteroatoms. The summed E-state index contributed by atoms with van der Waals surface area (Å²) in [6.07, 6.45) is 10.4. The van der Waals surface area contributed by atoms with Crippen molar-refractivity contribution >= 4 is 54.5 Å². The number of halogens is 3. The molecule has 2 aromatic carbocycles. The first-order valence-electron chi connectivity index (χ1n) is 15.8. The van der Waals surface area contributed by atoms with Crippen molar-refractivity contribution in [3.63, 3.8) is 0 Å². The molecule has 2 atom stereocenters. The smallest absolute Gasteiger partial charge is 0.349 e. The number of aromatic nitrogens is 4. The molecule has 0 spiro atoms. The third kappa shape index (κ3) is 5.26. The van der Waals surface area contributed by atoms with Crippen LogP contribution >= 0.6 is 15.9 Å². The van der Waals surface area contributed by atoms with Gasteiger partial charge >= 0.3 is 11.6 Å². The van der Waals surface area contributed by atoms with E-state index in [0.29, 0.717) is 34.9 Å². The SMILES string of the molecule is C#Cc1c(F)ccc2cc(O)cc(-c3oc(=O)c4c(NCc5c[nH]c6ncc(Br)cc56)nc(OC[C@@]56CCCN5C[C@H](F)C6)nc4c3C)c12. The summed E-state index contributed by atoms with van der Waals surface area (Å²) in [7, 11) is 0. The standard InChI is InChI=1S/C36H29BrF2N6O4/c1-3-24-27(39)6-5-19-9-23(46)11-26(28(19)24)31-18(2)30-29(34(47)49-31)33(41-14-20-13-40-32-25(20)10-21(37)15-42-32)44-35(43-30)48-17-36-7-4-8-45(36)16-22(38)12-36/h1,5-6,9-11,13,15,22,46H,4,7-8,12,14,16-17H2,2H3,(H,40,42)(H,41,43,44)/t22-,36+/m1/s1. The molecule has 2 aliphatic heterocycles. The first kappa shape index (κ1) is 31.2. The van der Waals surface area contributed by atoms with Gasteiger partial charge in [0.05, 0.1) is 16.6 Å². The molecule has 8 rings (SSSR count). The van der Waals surface area contributed by atoms with Crippen LogP contribution in [0.15, 0.2) is 56.4 Å². The number of phenols is 1. The monoisotopic (exact) mass is 726 g/mol. The summed E-state index contributed by atoms with van der Waals surface area (Å²) in [6.45, 7) is 3.30. The molecular formula is C36H29BrF2N6O4. The van der Waals surface area contributed by atoms with E-state index < -0.39 is 23.2 Å². The normalized spacial score (nSPS) is 19.1. The van der Waals surface area contributed by atoms with E-state index in [-0.39, 0.29) is 58.5 Å². The minimum Gasteiger partial charge on any atom is -0.508 e. The van der Waals surface area contributed by atoms with Gasteiger partial charge in [0.25, 0.3) is 0 Å². The van der Waals surface area contributed by atoms with Crippen molar-refractivity contribution in [1.82, 2.24) is 24.8 Å². The summed E-state index contributed by atoms with van der Waals surface area (Å²) in [5.41, 5.74) is 1.18. The third-order valence-corrected chi connectivity index (χ3v) is 10.1. The fraction of sp³-hybridized carbons (Fsp3) is 0.278. The number of terminal acetylenes is 1. The van der Waals surface area contributed by atoms with Gasteiger partial charge in [-0.15, -0.1) is 6.42 Å². The molecule has 4 aromatic heterocycles. The van der Waals surface area contributed by atoms with E-state index in [0.717, 1.165) is 34.8 Å². The molecule has 2 fully saturated rings. The zero-order valence-electron chi connectivity index (χ0n) is 26.2. The second kappa shape index (κ2) is 11.8. The van der Waals surface area contributed by atoms with Crippen LogP contribution in [-0.4, -0.2) is 61.3 Å². The average molecular weight is 728 g/mol. The second-order valence-electron chi connectivity index (χ2n) is 12.7. The van der Waals surface area contributed by atoms with Crippen molar-refractivity contribution in [3.8, 4) is 35.4 Å². The van der Waals surface area contributed by atoms with Crippen LogP contribution in [0, 0.1) is 25.1 Å². The molecule has 3 N–H and O–H groups in total. The third-order valence-electron chi connectivity index (χ3n) is 9.68. The molecular weight excluding hydrogens is 698 g/mol. The first-order valence-corrected chi connectivity index (χ1v) is 16.6. The highest BCUT2D eigenvalue weighted by molar-refractivity contribution is 9.10. The van der Waals surface area contributed by atoms with Crippen molar-refractivity contribution in [2.45, 2.75) is 44.4 Å². The predicted molar refractivity (Wildman–Crippen MR) is 185 cm³/mol. The highest BCUT2D eigenvalue weighted by Crippen LogP contribution is 2.41. The lowest BCUT2D eigenvalue weighted by Crippen LogP contribution is -2.43. The van der Waals surface area contributed by atoms with Crippen molar-refractivity contribution in [2.24, 2.45) is 0 Å². The lowest BCUT2D eigenvalue weighted by atomic mass is 9.95. The summed E-state index contributed by atoms with van der Waals surface area (Å²) >= 11 is 3.47. The maximum absolute atomic E-state index is 14.9. The number of H-pyrrole nitrogens is 1. The molecule has 10 nitrogen and oxygen atoms in total. The zero-order chi connectivity index (χ0) is 34.0. The summed E-state index contributed by atoms with van der Waals surface area (Å²) in [5, 5.41) is 15.6. The number of benzene rings is 2. The molecule has 2 aliphatic rings. The number of nitrogens with one attached hydrogen (secondary N) is 2. The van der Waals surface area contributed by atoms with Crippen molar-refractivity contribution in [3.05, 3.63) is 80.1 Å². The molecule has 248 valence electrons. The zero-order valence-corrected chi connectivity index (χ0v) is 27.8. The van der Waals surface area contributed by atoms with Crippen LogP contribution in [0.3, 0.4) is 0 Å². The van der Waals surface area contributed by atoms with Gasteiger partial charge in [0.2, 0.25) is 0 Å². The number of rotatable bonds is 7. The van der Waals surface area contributed by atoms with Gasteiger partial charge in [-0.3, -0.25) is 4.90 Å². The van der Waals surface area contributed by atoms with Crippen molar-refractivity contribution in [2.75, 3.05) is 25.0 Å². The van der Waals surface area contributed by atoms with Crippen LogP contribution in [0.25, 0.3) is 44.0 Å². The molecule has 6 aromatic rings. The minimum atomic E-state index is -0.936. The molecule has 0 bridgehead atoms. The lowest BCUT2D eigenvalue weighted by molar-refractivity contribution is 0.107. The van der Waals surface area contributed by atoms with E-state index in [4.69, 9.17) is 20.6 Å². The number of aryl methyl sites for hydroxylation is 1. The number of aromatic amines is 1. The Morgan fingerprint density at radius 1 is 1.29 bits per heavy atom. The maximum Gasteiger partial charge on any atom is 0.349 e. The van der Waals surface area contributed by atoms with Gasteiger partial charge in [0.15, 0.2) is 0 Å². The fourth-order valence-corrected chi connectivity index (χ4v) is 7.76. The topological polar surface area (TPSA) is 129 Å². The van der Waals surface area contributed by atoms with E-state index in [1.165, 1.54) is 24.3 Å². The largest absolute Gasteiger partial charge is 0.508 e. The Morgan fingerprint density at radius 2 is 2.14 bits per heavy atom. The van der Waals surface area contributed by atoms with Gasteiger partial charge < -0.3 is 24.6 Å². The number of hydrogen-bond donors (Lipinski definition) is 3. The van der Waals surface area contributed by atoms with Crippen molar-refractivity contribution < 1.29 is 23.0 Å². The van der Waals surface area contributed by atoms with Gasteiger partial charge in [0.1, 0.15) is 47.0 Å². The Hall–Kier alpha value is -5.06. The van der Waals surface area contributed by atoms with Gasteiger partial charge in [-0.25, -0.2) is 18.6 Å². The average Bonchev–Trinajstić information content (AvgIpc) is 3.75. The van der Waals surface area contributed by atoms with E-state index in [9.17, 15) is 18.7 Å². The number of phenolic OH excluding ortho intramolecular Hbond substituents is 1. The summed E-state index contributed by atoms with van der Waals surface area (Å²) in [5.74, 6) is 1.87. The highest BCUT2D eigenvalue weighted by atomic mass is 79.9. The lowest BCUT2D eigenvalue weighted by Gasteiger charge is -2.30. The Balaban J connectivity index is 1.28. The fourth-order valence-electron chi connectivity index (χ4n) is 7.43. The molecule has 0 aliphatic carbocycles. The van der Waals surface area contributed by atoms with E-state index in [1.807, 2.05) is 12.3 Å². The quantitative estimate of drug-likeness (QED) is 0.153. The highest BCUT2D eigenvalue weighted by Gasteiger charge is 2.49. The molecule has 49 heavy (non-hydrogen) atoms. The number of alkyl halides is 1.